The Bertz CT molecular complexity index is 1380. The largest absolute Gasteiger partial charge is 0.347 e. The van der Waals surface area contributed by atoms with Crippen LogP contribution in [0.2, 0.25) is 0 Å². The van der Waals surface area contributed by atoms with Crippen LogP contribution in [0.1, 0.15) is 92.1 Å². The van der Waals surface area contributed by atoms with Gasteiger partial charge in [0, 0.05) is 62.9 Å². The van der Waals surface area contributed by atoms with Crippen molar-refractivity contribution in [3.63, 3.8) is 0 Å². The molecule has 2 fully saturated rings. The zero-order valence-electron chi connectivity index (χ0n) is 27.1. The first kappa shape index (κ1) is 30.5. The van der Waals surface area contributed by atoms with Gasteiger partial charge in [-0.2, -0.15) is 0 Å². The number of hydrogen-bond donors (Lipinski definition) is 0. The second-order valence-electron chi connectivity index (χ2n) is 13.3. The van der Waals surface area contributed by atoms with Crippen molar-refractivity contribution in [1.29, 1.82) is 0 Å². The minimum atomic E-state index is -0.347. The van der Waals surface area contributed by atoms with Gasteiger partial charge in [0.1, 0.15) is 0 Å². The predicted molar refractivity (Wildman–Crippen MR) is 175 cm³/mol. The van der Waals surface area contributed by atoms with Crippen LogP contribution in [0.15, 0.2) is 48.5 Å². The van der Waals surface area contributed by atoms with E-state index < -0.39 is 0 Å². The summed E-state index contributed by atoms with van der Waals surface area (Å²) in [4.78, 5) is 10.7. The highest BCUT2D eigenvalue weighted by Gasteiger charge is 2.40. The van der Waals surface area contributed by atoms with E-state index in [2.05, 4.69) is 92.9 Å². The fourth-order valence-electron chi connectivity index (χ4n) is 7.72. The Labute approximate surface area is 259 Å². The monoisotopic (exact) mass is 581 g/mol. The third-order valence-corrected chi connectivity index (χ3v) is 10.1. The number of benzene rings is 2. The Hall–Kier alpha value is -2.57. The molecule has 0 N–H and O–H groups in total. The van der Waals surface area contributed by atoms with E-state index >= 15 is 0 Å². The lowest BCUT2D eigenvalue weighted by Crippen LogP contribution is -2.45. The molecule has 1 unspecified atom stereocenters. The van der Waals surface area contributed by atoms with Crippen molar-refractivity contribution in [2.45, 2.75) is 98.1 Å². The number of pyridine rings is 1. The molecule has 3 aliphatic rings. The van der Waals surface area contributed by atoms with Gasteiger partial charge in [0.15, 0.2) is 5.79 Å². The van der Waals surface area contributed by atoms with E-state index in [9.17, 15) is 0 Å². The van der Waals surface area contributed by atoms with Gasteiger partial charge in [-0.1, -0.05) is 70.2 Å². The van der Waals surface area contributed by atoms with E-state index in [0.717, 1.165) is 83.7 Å². The molecule has 0 bridgehead atoms. The van der Waals surface area contributed by atoms with Crippen LogP contribution in [-0.2, 0) is 41.8 Å². The van der Waals surface area contributed by atoms with Gasteiger partial charge in [-0.3, -0.25) is 14.8 Å². The molecule has 1 atom stereocenters. The lowest BCUT2D eigenvalue weighted by Gasteiger charge is -2.40. The average Bonchev–Trinajstić information content (AvgIpc) is 3.48. The first-order chi connectivity index (χ1) is 20.9. The van der Waals surface area contributed by atoms with Crippen molar-refractivity contribution < 1.29 is 9.47 Å². The van der Waals surface area contributed by atoms with E-state index in [4.69, 9.17) is 14.5 Å². The fraction of sp³-hybridized carbons (Fsp3) is 0.553. The van der Waals surface area contributed by atoms with Crippen LogP contribution in [0.3, 0.4) is 0 Å². The van der Waals surface area contributed by atoms with Crippen molar-refractivity contribution in [3.8, 4) is 11.3 Å². The maximum absolute atomic E-state index is 6.06. The molecule has 4 heterocycles. The third-order valence-electron chi connectivity index (χ3n) is 10.1. The van der Waals surface area contributed by atoms with E-state index in [1.54, 1.807) is 0 Å². The Kier molecular flexibility index (Phi) is 9.35. The number of hydrogen-bond acceptors (Lipinski definition) is 5. The molecule has 6 rings (SSSR count). The highest BCUT2D eigenvalue weighted by atomic mass is 16.7. The molecule has 2 saturated heterocycles. The molecule has 5 heteroatoms. The molecule has 5 nitrogen and oxygen atoms in total. The summed E-state index contributed by atoms with van der Waals surface area (Å²) in [6.45, 7) is 17.9. The molecule has 230 valence electrons. The van der Waals surface area contributed by atoms with Crippen LogP contribution < -0.4 is 0 Å². The molecule has 3 aromatic rings. The highest BCUT2D eigenvalue weighted by molar-refractivity contribution is 5.69. The number of aryl methyl sites for hydroxylation is 3. The topological polar surface area (TPSA) is 37.8 Å². The molecular formula is C38H51N3O2. The molecule has 0 amide bonds. The molecule has 1 spiro atoms. The normalized spacial score (nSPS) is 20.7. The molecule has 43 heavy (non-hydrogen) atoms. The quantitative estimate of drug-likeness (QED) is 0.259. The lowest BCUT2D eigenvalue weighted by atomic mass is 9.87. The van der Waals surface area contributed by atoms with E-state index in [0.29, 0.717) is 12.0 Å². The zero-order valence-corrected chi connectivity index (χ0v) is 27.1. The molecular weight excluding hydrogens is 530 g/mol. The molecule has 1 aromatic heterocycles. The van der Waals surface area contributed by atoms with Gasteiger partial charge >= 0.3 is 0 Å². The first-order valence-corrected chi connectivity index (χ1v) is 16.8. The van der Waals surface area contributed by atoms with Gasteiger partial charge in [-0.05, 0) is 78.0 Å². The highest BCUT2D eigenvalue weighted by Crippen LogP contribution is 2.38. The van der Waals surface area contributed by atoms with Crippen molar-refractivity contribution in [3.05, 3.63) is 87.6 Å². The maximum atomic E-state index is 6.06. The van der Waals surface area contributed by atoms with Crippen molar-refractivity contribution >= 4 is 0 Å². The number of piperidine rings is 1. The Morgan fingerprint density at radius 2 is 1.58 bits per heavy atom. The van der Waals surface area contributed by atoms with Gasteiger partial charge in [0.05, 0.1) is 18.9 Å². The number of rotatable bonds is 9. The Morgan fingerprint density at radius 1 is 0.884 bits per heavy atom. The number of likely N-dealkylation sites (tertiary alicyclic amines) is 1. The zero-order chi connectivity index (χ0) is 30.0. The van der Waals surface area contributed by atoms with Crippen LogP contribution in [0.4, 0.5) is 0 Å². The SMILES string of the molecule is CCc1cccc(CC)c1-c1cc(CN2CCC3(CC2)OCCO3)c(CN2CCc3ccccc3C2CC(C)C)c(C)n1. The number of fused-ring (bicyclic) bond motifs is 1. The summed E-state index contributed by atoms with van der Waals surface area (Å²) in [6.07, 6.45) is 6.20. The van der Waals surface area contributed by atoms with Crippen molar-refractivity contribution in [2.75, 3.05) is 32.8 Å². The molecule has 3 aliphatic heterocycles. The standard InChI is InChI=1S/C38H51N3O2/c1-6-29-12-10-13-30(7-2)37(29)35-24-32(25-40-19-16-38(17-20-40)42-21-22-43-38)34(28(5)39-35)26-41-18-15-31-11-8-9-14-33(31)36(41)23-27(3)4/h8-14,24,27,36H,6-7,15-23,25-26H2,1-5H3. The maximum Gasteiger partial charge on any atom is 0.170 e. The van der Waals surface area contributed by atoms with Crippen LogP contribution in [-0.4, -0.2) is 53.4 Å². The van der Waals surface area contributed by atoms with Gasteiger partial charge in [0.25, 0.3) is 0 Å². The van der Waals surface area contributed by atoms with E-state index in [-0.39, 0.29) is 5.79 Å². The number of ether oxygens (including phenoxy) is 2. The van der Waals surface area contributed by atoms with Crippen LogP contribution in [0.5, 0.6) is 0 Å². The van der Waals surface area contributed by atoms with Gasteiger partial charge in [-0.15, -0.1) is 0 Å². The summed E-state index contributed by atoms with van der Waals surface area (Å²) >= 11 is 0. The van der Waals surface area contributed by atoms with Crippen molar-refractivity contribution in [1.82, 2.24) is 14.8 Å². The lowest BCUT2D eigenvalue weighted by molar-refractivity contribution is -0.185. The minimum absolute atomic E-state index is 0.347. The Balaban J connectivity index is 1.37. The third kappa shape index (κ3) is 6.47. The summed E-state index contributed by atoms with van der Waals surface area (Å²) < 4.78 is 12.1. The van der Waals surface area contributed by atoms with Crippen LogP contribution in [0, 0.1) is 12.8 Å². The number of aromatic nitrogens is 1. The van der Waals surface area contributed by atoms with Crippen molar-refractivity contribution in [2.24, 2.45) is 5.92 Å². The van der Waals surface area contributed by atoms with E-state index in [1.165, 1.54) is 51.1 Å². The molecule has 2 aromatic carbocycles. The predicted octanol–water partition coefficient (Wildman–Crippen LogP) is 7.67. The first-order valence-electron chi connectivity index (χ1n) is 16.8. The number of nitrogens with zero attached hydrogens (tertiary/aromatic N) is 3. The fourth-order valence-corrected chi connectivity index (χ4v) is 7.72. The smallest absolute Gasteiger partial charge is 0.170 e. The summed E-state index contributed by atoms with van der Waals surface area (Å²) in [6, 6.07) is 18.8. The second-order valence-corrected chi connectivity index (χ2v) is 13.3. The average molecular weight is 582 g/mol. The summed E-state index contributed by atoms with van der Waals surface area (Å²) in [7, 11) is 0. The molecule has 0 saturated carbocycles. The van der Waals surface area contributed by atoms with Crippen LogP contribution >= 0.6 is 0 Å². The van der Waals surface area contributed by atoms with Gasteiger partial charge in [-0.25, -0.2) is 0 Å². The molecule has 0 radical (unpaired) electrons. The van der Waals surface area contributed by atoms with Gasteiger partial charge in [0.2, 0.25) is 0 Å². The van der Waals surface area contributed by atoms with Crippen LogP contribution in [0.25, 0.3) is 11.3 Å². The second kappa shape index (κ2) is 13.2. The molecule has 0 aliphatic carbocycles. The summed E-state index contributed by atoms with van der Waals surface area (Å²) in [5.74, 6) is 0.290. The Morgan fingerprint density at radius 3 is 2.26 bits per heavy atom. The summed E-state index contributed by atoms with van der Waals surface area (Å²) in [5, 5.41) is 0. The van der Waals surface area contributed by atoms with E-state index in [1.807, 2.05) is 0 Å². The van der Waals surface area contributed by atoms with Gasteiger partial charge < -0.3 is 9.47 Å². The minimum Gasteiger partial charge on any atom is -0.347 e. The summed E-state index contributed by atoms with van der Waals surface area (Å²) in [5.41, 5.74) is 12.3.